The number of alkyl halides is 3. The Balaban J connectivity index is 1.44. The zero-order valence-corrected chi connectivity index (χ0v) is 17.5. The molecule has 0 spiro atoms. The maximum absolute atomic E-state index is 12.7. The molecule has 1 saturated heterocycles. The highest BCUT2D eigenvalue weighted by Gasteiger charge is 2.30. The van der Waals surface area contributed by atoms with Gasteiger partial charge < -0.3 is 15.0 Å². The van der Waals surface area contributed by atoms with Crippen molar-refractivity contribution in [2.75, 3.05) is 29.9 Å². The monoisotopic (exact) mass is 443 g/mol. The van der Waals surface area contributed by atoms with Crippen molar-refractivity contribution in [2.45, 2.75) is 31.9 Å². The number of ether oxygens (including phenoxy) is 1. The van der Waals surface area contributed by atoms with E-state index in [1.807, 2.05) is 24.3 Å². The molecule has 0 atom stereocenters. The normalized spacial score (nSPS) is 14.8. The number of anilines is 2. The van der Waals surface area contributed by atoms with Gasteiger partial charge in [-0.1, -0.05) is 25.0 Å². The van der Waals surface area contributed by atoms with Crippen LogP contribution in [0.3, 0.4) is 0 Å². The molecule has 0 radical (unpaired) electrons. The molecule has 2 aromatic carbocycles. The first kappa shape index (κ1) is 21.9. The minimum Gasteiger partial charge on any atom is -0.481 e. The number of nitrogens with zero attached hydrogens (tertiary/aromatic N) is 2. The average Bonchev–Trinajstić information content (AvgIpc) is 3.07. The summed E-state index contributed by atoms with van der Waals surface area (Å²) < 4.78 is 43.7. The minimum atomic E-state index is -4.42. The Labute approximate surface area is 184 Å². The molecule has 1 aromatic heterocycles. The van der Waals surface area contributed by atoms with Crippen LogP contribution in [0.1, 0.15) is 31.2 Å². The van der Waals surface area contributed by atoms with Gasteiger partial charge in [-0.15, -0.1) is 0 Å². The fourth-order valence-electron chi connectivity index (χ4n) is 3.78. The van der Waals surface area contributed by atoms with E-state index in [1.54, 1.807) is 6.07 Å². The van der Waals surface area contributed by atoms with E-state index in [4.69, 9.17) is 9.72 Å². The Morgan fingerprint density at radius 3 is 2.38 bits per heavy atom. The Morgan fingerprint density at radius 2 is 1.69 bits per heavy atom. The summed E-state index contributed by atoms with van der Waals surface area (Å²) in [5.74, 6) is 0.914. The molecule has 168 valence electrons. The zero-order valence-electron chi connectivity index (χ0n) is 17.5. The van der Waals surface area contributed by atoms with E-state index in [0.29, 0.717) is 11.3 Å². The standard InChI is InChI=1S/C24H24F3N3O2/c25-24(26,27)18-9-11-19(12-10-18)28-22(31)16-32-20-7-5-6-17-8-13-21(29-23(17)20)30-14-3-1-2-4-15-30/h5-13H,1-4,14-16H2,(H,28,31). The molecule has 1 amide bonds. The van der Waals surface area contributed by atoms with Gasteiger partial charge in [-0.2, -0.15) is 13.2 Å². The number of hydrogen-bond acceptors (Lipinski definition) is 4. The highest BCUT2D eigenvalue weighted by atomic mass is 19.4. The Hall–Kier alpha value is -3.29. The third kappa shape index (κ3) is 5.30. The highest BCUT2D eigenvalue weighted by molar-refractivity contribution is 5.92. The van der Waals surface area contributed by atoms with Crippen LogP contribution in [-0.2, 0) is 11.0 Å². The number of benzene rings is 2. The Bertz CT molecular complexity index is 1080. The average molecular weight is 443 g/mol. The van der Waals surface area contributed by atoms with Crippen molar-refractivity contribution in [3.63, 3.8) is 0 Å². The molecule has 1 aliphatic rings. The Morgan fingerprint density at radius 1 is 0.969 bits per heavy atom. The van der Waals surface area contributed by atoms with E-state index in [9.17, 15) is 18.0 Å². The van der Waals surface area contributed by atoms with Crippen LogP contribution < -0.4 is 15.0 Å². The number of rotatable bonds is 5. The molecule has 32 heavy (non-hydrogen) atoms. The second-order valence-corrected chi connectivity index (χ2v) is 7.81. The zero-order chi connectivity index (χ0) is 22.6. The van der Waals surface area contributed by atoms with Crippen LogP contribution in [-0.4, -0.2) is 30.6 Å². The number of fused-ring (bicyclic) bond motifs is 1. The van der Waals surface area contributed by atoms with Crippen molar-refractivity contribution >= 4 is 28.3 Å². The summed E-state index contributed by atoms with van der Waals surface area (Å²) in [4.78, 5) is 19.3. The van der Waals surface area contributed by atoms with Gasteiger partial charge in [-0.3, -0.25) is 4.79 Å². The lowest BCUT2D eigenvalue weighted by Gasteiger charge is -2.22. The van der Waals surface area contributed by atoms with Crippen LogP contribution >= 0.6 is 0 Å². The molecule has 0 unspecified atom stereocenters. The van der Waals surface area contributed by atoms with Crippen LogP contribution in [0, 0.1) is 0 Å². The van der Waals surface area contributed by atoms with Crippen LogP contribution in [0.4, 0.5) is 24.7 Å². The minimum absolute atomic E-state index is 0.270. The molecule has 0 saturated carbocycles. The van der Waals surface area contributed by atoms with Crippen molar-refractivity contribution in [1.29, 1.82) is 0 Å². The van der Waals surface area contributed by atoms with Gasteiger partial charge in [-0.05, 0) is 55.3 Å². The van der Waals surface area contributed by atoms with Gasteiger partial charge in [0.1, 0.15) is 17.1 Å². The van der Waals surface area contributed by atoms with Crippen molar-refractivity contribution in [1.82, 2.24) is 4.98 Å². The van der Waals surface area contributed by atoms with E-state index in [0.717, 1.165) is 49.3 Å². The SMILES string of the molecule is O=C(COc1cccc2ccc(N3CCCCCC3)nc12)Nc1ccc(C(F)(F)F)cc1. The molecule has 1 N–H and O–H groups in total. The predicted molar refractivity (Wildman–Crippen MR) is 118 cm³/mol. The van der Waals surface area contributed by atoms with Crippen molar-refractivity contribution in [2.24, 2.45) is 0 Å². The van der Waals surface area contributed by atoms with Crippen LogP contribution in [0.5, 0.6) is 5.75 Å². The Kier molecular flexibility index (Phi) is 6.48. The van der Waals surface area contributed by atoms with E-state index < -0.39 is 17.6 Å². The van der Waals surface area contributed by atoms with Gasteiger partial charge in [0.25, 0.3) is 5.91 Å². The van der Waals surface area contributed by atoms with Gasteiger partial charge in [-0.25, -0.2) is 4.98 Å². The number of pyridine rings is 1. The summed E-state index contributed by atoms with van der Waals surface area (Å²) in [7, 11) is 0. The number of halogens is 3. The van der Waals surface area contributed by atoms with Crippen molar-refractivity contribution < 1.29 is 22.7 Å². The van der Waals surface area contributed by atoms with E-state index in [2.05, 4.69) is 10.2 Å². The second-order valence-electron chi connectivity index (χ2n) is 7.81. The van der Waals surface area contributed by atoms with E-state index in [1.165, 1.54) is 25.0 Å². The number of carbonyl (C=O) groups excluding carboxylic acids is 1. The largest absolute Gasteiger partial charge is 0.481 e. The molecule has 1 aliphatic heterocycles. The number of amides is 1. The van der Waals surface area contributed by atoms with Crippen molar-refractivity contribution in [3.05, 3.63) is 60.2 Å². The molecular weight excluding hydrogens is 419 g/mol. The highest BCUT2D eigenvalue weighted by Crippen LogP contribution is 2.30. The first-order valence-electron chi connectivity index (χ1n) is 10.6. The van der Waals surface area contributed by atoms with Gasteiger partial charge in [0.15, 0.2) is 6.61 Å². The van der Waals surface area contributed by atoms with E-state index >= 15 is 0 Å². The molecular formula is C24H24F3N3O2. The quantitative estimate of drug-likeness (QED) is 0.554. The third-order valence-electron chi connectivity index (χ3n) is 5.45. The summed E-state index contributed by atoms with van der Waals surface area (Å²) in [6, 6.07) is 13.8. The second kappa shape index (κ2) is 9.46. The fourth-order valence-corrected chi connectivity index (χ4v) is 3.78. The van der Waals surface area contributed by atoms with Gasteiger partial charge >= 0.3 is 6.18 Å². The van der Waals surface area contributed by atoms with Crippen LogP contribution in [0.15, 0.2) is 54.6 Å². The maximum Gasteiger partial charge on any atom is 0.416 e. The smallest absolute Gasteiger partial charge is 0.416 e. The predicted octanol–water partition coefficient (Wildman–Crippen LogP) is 5.65. The van der Waals surface area contributed by atoms with Crippen LogP contribution in [0.2, 0.25) is 0 Å². The summed E-state index contributed by atoms with van der Waals surface area (Å²) >= 11 is 0. The number of aromatic nitrogens is 1. The summed E-state index contributed by atoms with van der Waals surface area (Å²) in [6.45, 7) is 1.66. The number of carbonyl (C=O) groups is 1. The maximum atomic E-state index is 12.7. The molecule has 1 fully saturated rings. The van der Waals surface area contributed by atoms with Gasteiger partial charge in [0.2, 0.25) is 0 Å². The third-order valence-corrected chi connectivity index (χ3v) is 5.45. The molecule has 5 nitrogen and oxygen atoms in total. The molecule has 3 aromatic rings. The van der Waals surface area contributed by atoms with Gasteiger partial charge in [0, 0.05) is 24.2 Å². The molecule has 4 rings (SSSR count). The van der Waals surface area contributed by atoms with Crippen LogP contribution in [0.25, 0.3) is 10.9 Å². The summed E-state index contributed by atoms with van der Waals surface area (Å²) in [5, 5.41) is 3.46. The number of nitrogens with one attached hydrogen (secondary N) is 1. The molecule has 0 bridgehead atoms. The first-order chi connectivity index (χ1) is 15.4. The topological polar surface area (TPSA) is 54.5 Å². The molecule has 8 heteroatoms. The van der Waals surface area contributed by atoms with E-state index in [-0.39, 0.29) is 12.3 Å². The lowest BCUT2D eigenvalue weighted by atomic mass is 10.2. The number of hydrogen-bond donors (Lipinski definition) is 1. The molecule has 0 aliphatic carbocycles. The lowest BCUT2D eigenvalue weighted by Crippen LogP contribution is -2.24. The van der Waals surface area contributed by atoms with Gasteiger partial charge in [0.05, 0.1) is 5.56 Å². The number of para-hydroxylation sites is 1. The lowest BCUT2D eigenvalue weighted by molar-refractivity contribution is -0.137. The summed E-state index contributed by atoms with van der Waals surface area (Å²) in [5.41, 5.74) is 0.177. The fraction of sp³-hybridized carbons (Fsp3) is 0.333. The molecule has 2 heterocycles. The summed E-state index contributed by atoms with van der Waals surface area (Å²) in [6.07, 6.45) is 0.322. The first-order valence-corrected chi connectivity index (χ1v) is 10.6. The van der Waals surface area contributed by atoms with Crippen molar-refractivity contribution in [3.8, 4) is 5.75 Å².